The molecule has 1 saturated heterocycles. The molecule has 0 bridgehead atoms. The molecule has 2 rings (SSSR count). The lowest BCUT2D eigenvalue weighted by atomic mass is 10.0. The second-order valence-corrected chi connectivity index (χ2v) is 5.07. The summed E-state index contributed by atoms with van der Waals surface area (Å²) in [5.74, 6) is 5.19. The van der Waals surface area contributed by atoms with E-state index in [2.05, 4.69) is 45.1 Å². The van der Waals surface area contributed by atoms with Gasteiger partial charge in [-0.25, -0.2) is 5.90 Å². The first kappa shape index (κ1) is 11.9. The number of nitrogens with zero attached hydrogens (tertiary/aromatic N) is 1. The van der Waals surface area contributed by atoms with Gasteiger partial charge in [-0.05, 0) is 43.5 Å². The van der Waals surface area contributed by atoms with Gasteiger partial charge in [0.25, 0.3) is 0 Å². The van der Waals surface area contributed by atoms with Gasteiger partial charge >= 0.3 is 0 Å². The lowest BCUT2D eigenvalue weighted by molar-refractivity contribution is 0.114. The normalized spacial score (nSPS) is 21.1. The molecule has 1 fully saturated rings. The molecular weight excluding hydrogens is 268 g/mol. The summed E-state index contributed by atoms with van der Waals surface area (Å²) in [7, 11) is 0. The highest BCUT2D eigenvalue weighted by Crippen LogP contribution is 2.26. The molecule has 0 amide bonds. The van der Waals surface area contributed by atoms with E-state index >= 15 is 0 Å². The van der Waals surface area contributed by atoms with Crippen LogP contribution in [0.1, 0.15) is 19.3 Å². The van der Waals surface area contributed by atoms with E-state index < -0.39 is 0 Å². The maximum atomic E-state index is 5.19. The van der Waals surface area contributed by atoms with Crippen LogP contribution in [0.3, 0.4) is 0 Å². The molecule has 1 unspecified atom stereocenters. The molecule has 88 valence electrons. The molecule has 0 aromatic heterocycles. The highest BCUT2D eigenvalue weighted by Gasteiger charge is 2.22. The zero-order valence-corrected chi connectivity index (χ0v) is 10.8. The average molecular weight is 285 g/mol. The van der Waals surface area contributed by atoms with Gasteiger partial charge in [0, 0.05) is 16.7 Å². The standard InChI is InChI=1S/C12H17BrN2O/c13-10-4-6-11(7-5-10)15-8-2-1-3-12(15)9-16-14/h4-7,12H,1-3,8-9,14H2. The number of anilines is 1. The van der Waals surface area contributed by atoms with Crippen LogP contribution in [0.15, 0.2) is 28.7 Å². The van der Waals surface area contributed by atoms with Gasteiger partial charge in [-0.1, -0.05) is 15.9 Å². The third-order valence-corrected chi connectivity index (χ3v) is 3.60. The molecule has 1 heterocycles. The Morgan fingerprint density at radius 2 is 2.06 bits per heavy atom. The van der Waals surface area contributed by atoms with E-state index in [1.54, 1.807) is 0 Å². The van der Waals surface area contributed by atoms with Gasteiger partial charge in [-0.15, -0.1) is 0 Å². The second-order valence-electron chi connectivity index (χ2n) is 4.15. The number of hydrogen-bond acceptors (Lipinski definition) is 3. The first-order valence-electron chi connectivity index (χ1n) is 5.65. The maximum absolute atomic E-state index is 5.19. The summed E-state index contributed by atoms with van der Waals surface area (Å²) in [5.41, 5.74) is 1.25. The summed E-state index contributed by atoms with van der Waals surface area (Å²) in [6.45, 7) is 1.70. The molecule has 0 spiro atoms. The van der Waals surface area contributed by atoms with Crippen LogP contribution in [0.2, 0.25) is 0 Å². The summed E-state index contributed by atoms with van der Waals surface area (Å²) in [4.78, 5) is 7.20. The average Bonchev–Trinajstić information content (AvgIpc) is 2.32. The van der Waals surface area contributed by atoms with Gasteiger partial charge in [0.15, 0.2) is 0 Å². The predicted octanol–water partition coefficient (Wildman–Crippen LogP) is 2.70. The molecule has 0 aliphatic carbocycles. The van der Waals surface area contributed by atoms with Crippen molar-refractivity contribution in [1.82, 2.24) is 0 Å². The van der Waals surface area contributed by atoms with Crippen LogP contribution in [0.4, 0.5) is 5.69 Å². The van der Waals surface area contributed by atoms with Crippen molar-refractivity contribution in [3.63, 3.8) is 0 Å². The van der Waals surface area contributed by atoms with Crippen molar-refractivity contribution in [3.8, 4) is 0 Å². The highest BCUT2D eigenvalue weighted by atomic mass is 79.9. The van der Waals surface area contributed by atoms with E-state index in [-0.39, 0.29) is 0 Å². The largest absolute Gasteiger partial charge is 0.366 e. The Morgan fingerprint density at radius 3 is 2.75 bits per heavy atom. The van der Waals surface area contributed by atoms with Gasteiger partial charge < -0.3 is 9.74 Å². The number of rotatable bonds is 3. The first-order valence-corrected chi connectivity index (χ1v) is 6.44. The molecule has 0 radical (unpaired) electrons. The summed E-state index contributed by atoms with van der Waals surface area (Å²) >= 11 is 3.45. The van der Waals surface area contributed by atoms with E-state index in [1.165, 1.54) is 18.5 Å². The number of hydrogen-bond donors (Lipinski definition) is 1. The third kappa shape index (κ3) is 2.75. The van der Waals surface area contributed by atoms with Crippen molar-refractivity contribution in [2.75, 3.05) is 18.1 Å². The lowest BCUT2D eigenvalue weighted by Gasteiger charge is -2.37. The lowest BCUT2D eigenvalue weighted by Crippen LogP contribution is -2.43. The third-order valence-electron chi connectivity index (χ3n) is 3.07. The number of halogens is 1. The fraction of sp³-hybridized carbons (Fsp3) is 0.500. The van der Waals surface area contributed by atoms with E-state index in [0.717, 1.165) is 17.4 Å². The minimum absolute atomic E-state index is 0.417. The van der Waals surface area contributed by atoms with Gasteiger partial charge in [0.1, 0.15) is 0 Å². The van der Waals surface area contributed by atoms with Crippen LogP contribution < -0.4 is 10.8 Å². The van der Waals surface area contributed by atoms with Crippen molar-refractivity contribution in [1.29, 1.82) is 0 Å². The van der Waals surface area contributed by atoms with E-state index in [1.807, 2.05) is 0 Å². The molecule has 2 N–H and O–H groups in total. The Hall–Kier alpha value is -0.580. The van der Waals surface area contributed by atoms with Crippen molar-refractivity contribution >= 4 is 21.6 Å². The summed E-state index contributed by atoms with van der Waals surface area (Å²) in [6.07, 6.45) is 3.67. The fourth-order valence-corrected chi connectivity index (χ4v) is 2.52. The first-order chi connectivity index (χ1) is 7.81. The molecule has 1 aromatic rings. The highest BCUT2D eigenvalue weighted by molar-refractivity contribution is 9.10. The minimum Gasteiger partial charge on any atom is -0.366 e. The molecule has 16 heavy (non-hydrogen) atoms. The van der Waals surface area contributed by atoms with E-state index in [0.29, 0.717) is 12.6 Å². The van der Waals surface area contributed by atoms with Gasteiger partial charge in [-0.3, -0.25) is 0 Å². The Balaban J connectivity index is 2.13. The van der Waals surface area contributed by atoms with Gasteiger partial charge in [-0.2, -0.15) is 0 Å². The van der Waals surface area contributed by atoms with Gasteiger partial charge in [0.2, 0.25) is 0 Å². The maximum Gasteiger partial charge on any atom is 0.0882 e. The van der Waals surface area contributed by atoms with Crippen LogP contribution in [0.25, 0.3) is 0 Å². The van der Waals surface area contributed by atoms with Crippen molar-refractivity contribution < 1.29 is 4.84 Å². The molecule has 1 aliphatic rings. The van der Waals surface area contributed by atoms with Crippen LogP contribution >= 0.6 is 15.9 Å². The minimum atomic E-state index is 0.417. The van der Waals surface area contributed by atoms with Crippen molar-refractivity contribution in [3.05, 3.63) is 28.7 Å². The molecule has 0 saturated carbocycles. The number of piperidine rings is 1. The topological polar surface area (TPSA) is 38.5 Å². The number of nitrogens with two attached hydrogens (primary N) is 1. The Labute approximate surface area is 105 Å². The molecule has 1 aliphatic heterocycles. The van der Waals surface area contributed by atoms with Crippen molar-refractivity contribution in [2.45, 2.75) is 25.3 Å². The smallest absolute Gasteiger partial charge is 0.0882 e. The quantitative estimate of drug-likeness (QED) is 0.868. The van der Waals surface area contributed by atoms with Gasteiger partial charge in [0.05, 0.1) is 12.6 Å². The van der Waals surface area contributed by atoms with Crippen LogP contribution in [-0.2, 0) is 4.84 Å². The number of benzene rings is 1. The van der Waals surface area contributed by atoms with Crippen molar-refractivity contribution in [2.24, 2.45) is 5.90 Å². The summed E-state index contributed by atoms with van der Waals surface area (Å²) in [5, 5.41) is 0. The molecule has 4 heteroatoms. The van der Waals surface area contributed by atoms with E-state index in [4.69, 9.17) is 10.7 Å². The zero-order valence-electron chi connectivity index (χ0n) is 9.23. The molecule has 1 atom stereocenters. The zero-order chi connectivity index (χ0) is 11.4. The van der Waals surface area contributed by atoms with Crippen LogP contribution in [0.5, 0.6) is 0 Å². The Morgan fingerprint density at radius 1 is 1.31 bits per heavy atom. The van der Waals surface area contributed by atoms with Crippen LogP contribution in [0, 0.1) is 0 Å². The molecule has 3 nitrogen and oxygen atoms in total. The summed E-state index contributed by atoms with van der Waals surface area (Å²) in [6, 6.07) is 8.84. The second kappa shape index (κ2) is 5.66. The molecule has 1 aromatic carbocycles. The van der Waals surface area contributed by atoms with Crippen LogP contribution in [-0.4, -0.2) is 19.2 Å². The Bertz CT molecular complexity index is 326. The predicted molar refractivity (Wildman–Crippen MR) is 69.3 cm³/mol. The Kier molecular flexibility index (Phi) is 4.21. The van der Waals surface area contributed by atoms with E-state index in [9.17, 15) is 0 Å². The molecular formula is C12H17BrN2O. The summed E-state index contributed by atoms with van der Waals surface area (Å²) < 4.78 is 1.11. The SMILES string of the molecule is NOCC1CCCCN1c1ccc(Br)cc1. The monoisotopic (exact) mass is 284 g/mol. The fourth-order valence-electron chi connectivity index (χ4n) is 2.26.